The molecule has 0 spiro atoms. The molecule has 1 aromatic heterocycles. The number of fused-ring (bicyclic) bond motifs is 1. The molecule has 1 N–H and O–H groups in total. The van der Waals surface area contributed by atoms with Crippen LogP contribution in [0.15, 0.2) is 57.0 Å². The van der Waals surface area contributed by atoms with Crippen LogP contribution in [0.2, 0.25) is 5.02 Å². The van der Waals surface area contributed by atoms with Crippen LogP contribution >= 0.6 is 35.1 Å². The van der Waals surface area contributed by atoms with E-state index >= 15 is 0 Å². The van der Waals surface area contributed by atoms with Crippen molar-refractivity contribution in [2.45, 2.75) is 10.1 Å². The Morgan fingerprint density at radius 3 is 2.96 bits per heavy atom. The summed E-state index contributed by atoms with van der Waals surface area (Å²) in [6, 6.07) is 14.7. The molecular formula is C17H12ClN3O2S2. The molecule has 0 fully saturated rings. The SMILES string of the molecule is N#CCSc1ccccc1NC(=O)CSc1nc2cc(Cl)ccc2o1. The molecule has 0 aliphatic rings. The second-order valence-electron chi connectivity index (χ2n) is 4.87. The number of hydrogen-bond donors (Lipinski definition) is 1. The van der Waals surface area contributed by atoms with Crippen LogP contribution in [0.5, 0.6) is 0 Å². The maximum atomic E-state index is 12.2. The highest BCUT2D eigenvalue weighted by Gasteiger charge is 2.11. The number of aromatic nitrogens is 1. The summed E-state index contributed by atoms with van der Waals surface area (Å²) in [7, 11) is 0. The third-order valence-corrected chi connectivity index (χ3v) is 5.11. The highest BCUT2D eigenvalue weighted by Crippen LogP contribution is 2.28. The second-order valence-corrected chi connectivity index (χ2v) is 7.25. The molecule has 3 aromatic rings. The smallest absolute Gasteiger partial charge is 0.257 e. The predicted octanol–water partition coefficient (Wildman–Crippen LogP) is 4.83. The molecule has 5 nitrogen and oxygen atoms in total. The van der Waals surface area contributed by atoms with Crippen LogP contribution < -0.4 is 5.32 Å². The monoisotopic (exact) mass is 389 g/mol. The van der Waals surface area contributed by atoms with Crippen LogP contribution in [-0.4, -0.2) is 22.4 Å². The molecular weight excluding hydrogens is 378 g/mol. The fourth-order valence-corrected chi connectivity index (χ4v) is 3.53. The molecule has 126 valence electrons. The first-order valence-electron chi connectivity index (χ1n) is 7.23. The molecule has 0 radical (unpaired) electrons. The Morgan fingerprint density at radius 1 is 1.28 bits per heavy atom. The van der Waals surface area contributed by atoms with Gasteiger partial charge in [-0.25, -0.2) is 4.98 Å². The summed E-state index contributed by atoms with van der Waals surface area (Å²) in [6.45, 7) is 0. The second kappa shape index (κ2) is 8.30. The summed E-state index contributed by atoms with van der Waals surface area (Å²) in [5, 5.41) is 12.6. The number of nitrogens with zero attached hydrogens (tertiary/aromatic N) is 2. The lowest BCUT2D eigenvalue weighted by molar-refractivity contribution is -0.113. The minimum Gasteiger partial charge on any atom is -0.431 e. The van der Waals surface area contributed by atoms with Gasteiger partial charge in [-0.2, -0.15) is 5.26 Å². The van der Waals surface area contributed by atoms with Crippen molar-refractivity contribution < 1.29 is 9.21 Å². The number of amides is 1. The Balaban J connectivity index is 1.62. The number of hydrogen-bond acceptors (Lipinski definition) is 6. The predicted molar refractivity (Wildman–Crippen MR) is 101 cm³/mol. The first kappa shape index (κ1) is 17.7. The zero-order valence-corrected chi connectivity index (χ0v) is 15.2. The average molecular weight is 390 g/mol. The molecule has 1 amide bonds. The molecule has 8 heteroatoms. The molecule has 0 bridgehead atoms. The lowest BCUT2D eigenvalue weighted by Crippen LogP contribution is -2.14. The van der Waals surface area contributed by atoms with E-state index in [1.807, 2.05) is 24.3 Å². The van der Waals surface area contributed by atoms with Crippen LogP contribution in [-0.2, 0) is 4.79 Å². The summed E-state index contributed by atoms with van der Waals surface area (Å²) in [5.74, 6) is 0.320. The van der Waals surface area contributed by atoms with E-state index in [0.29, 0.717) is 32.8 Å². The zero-order valence-electron chi connectivity index (χ0n) is 12.9. The van der Waals surface area contributed by atoms with Gasteiger partial charge in [0.1, 0.15) is 5.52 Å². The normalized spacial score (nSPS) is 10.6. The standard InChI is InChI=1S/C17H12ClN3O2S2/c18-11-5-6-14-13(9-11)21-17(23-14)25-10-16(22)20-12-3-1-2-4-15(12)24-8-7-19/h1-6,9H,8,10H2,(H,20,22). The van der Waals surface area contributed by atoms with Crippen molar-refractivity contribution in [1.29, 1.82) is 5.26 Å². The van der Waals surface area contributed by atoms with Crippen LogP contribution in [0.3, 0.4) is 0 Å². The molecule has 0 saturated carbocycles. The maximum absolute atomic E-state index is 12.2. The summed E-state index contributed by atoms with van der Waals surface area (Å²) in [4.78, 5) is 17.3. The first-order chi connectivity index (χ1) is 12.2. The summed E-state index contributed by atoms with van der Waals surface area (Å²) in [6.07, 6.45) is 0. The van der Waals surface area contributed by atoms with Crippen molar-refractivity contribution in [3.05, 3.63) is 47.5 Å². The van der Waals surface area contributed by atoms with Crippen molar-refractivity contribution in [1.82, 2.24) is 4.98 Å². The van der Waals surface area contributed by atoms with Gasteiger partial charge < -0.3 is 9.73 Å². The van der Waals surface area contributed by atoms with E-state index in [4.69, 9.17) is 21.3 Å². The molecule has 25 heavy (non-hydrogen) atoms. The zero-order chi connectivity index (χ0) is 17.6. The number of nitriles is 1. The Labute approximate surface area is 157 Å². The number of thioether (sulfide) groups is 2. The number of halogens is 1. The van der Waals surface area contributed by atoms with Crippen LogP contribution in [0.1, 0.15) is 0 Å². The van der Waals surface area contributed by atoms with Gasteiger partial charge in [0.25, 0.3) is 5.22 Å². The van der Waals surface area contributed by atoms with Gasteiger partial charge >= 0.3 is 0 Å². The molecule has 0 aliphatic heterocycles. The Kier molecular flexibility index (Phi) is 5.87. The van der Waals surface area contributed by atoms with Gasteiger partial charge in [-0.1, -0.05) is 35.5 Å². The number of oxazole rings is 1. The van der Waals surface area contributed by atoms with E-state index in [0.717, 1.165) is 4.90 Å². The van der Waals surface area contributed by atoms with Crippen LogP contribution in [0, 0.1) is 11.3 Å². The Morgan fingerprint density at radius 2 is 2.12 bits per heavy atom. The summed E-state index contributed by atoms with van der Waals surface area (Å²) in [5.41, 5.74) is 1.98. The highest BCUT2D eigenvalue weighted by molar-refractivity contribution is 8.00. The fraction of sp³-hybridized carbons (Fsp3) is 0.118. The molecule has 0 aliphatic carbocycles. The topological polar surface area (TPSA) is 78.9 Å². The fourth-order valence-electron chi connectivity index (χ4n) is 2.06. The van der Waals surface area contributed by atoms with E-state index in [1.54, 1.807) is 18.2 Å². The molecule has 3 rings (SSSR count). The average Bonchev–Trinajstić information content (AvgIpc) is 3.01. The van der Waals surface area contributed by atoms with Crippen molar-refractivity contribution >= 4 is 57.8 Å². The van der Waals surface area contributed by atoms with Crippen molar-refractivity contribution in [2.75, 3.05) is 16.8 Å². The Bertz CT molecular complexity index is 952. The molecule has 0 atom stereocenters. The first-order valence-corrected chi connectivity index (χ1v) is 9.58. The number of carbonyl (C=O) groups excluding carboxylic acids is 1. The minimum atomic E-state index is -0.171. The van der Waals surface area contributed by atoms with Crippen LogP contribution in [0.25, 0.3) is 11.1 Å². The van der Waals surface area contributed by atoms with Crippen molar-refractivity contribution in [3.63, 3.8) is 0 Å². The Hall–Kier alpha value is -2.14. The van der Waals surface area contributed by atoms with E-state index < -0.39 is 0 Å². The van der Waals surface area contributed by atoms with Gasteiger partial charge in [0, 0.05) is 9.92 Å². The minimum absolute atomic E-state index is 0.164. The van der Waals surface area contributed by atoms with Gasteiger partial charge in [-0.3, -0.25) is 4.79 Å². The summed E-state index contributed by atoms with van der Waals surface area (Å²) < 4.78 is 5.57. The van der Waals surface area contributed by atoms with Gasteiger partial charge in [-0.15, -0.1) is 11.8 Å². The lowest BCUT2D eigenvalue weighted by Gasteiger charge is -2.08. The lowest BCUT2D eigenvalue weighted by atomic mass is 10.3. The van der Waals surface area contributed by atoms with E-state index in [9.17, 15) is 4.79 Å². The number of anilines is 1. The number of para-hydroxylation sites is 1. The van der Waals surface area contributed by atoms with Crippen molar-refractivity contribution in [3.8, 4) is 6.07 Å². The van der Waals surface area contributed by atoms with Gasteiger partial charge in [-0.05, 0) is 30.3 Å². The molecule has 2 aromatic carbocycles. The van der Waals surface area contributed by atoms with E-state index in [-0.39, 0.29) is 11.7 Å². The van der Waals surface area contributed by atoms with Crippen molar-refractivity contribution in [2.24, 2.45) is 0 Å². The number of nitrogens with one attached hydrogen (secondary N) is 1. The molecule has 1 heterocycles. The van der Waals surface area contributed by atoms with Gasteiger partial charge in [0.15, 0.2) is 5.58 Å². The summed E-state index contributed by atoms with van der Waals surface area (Å²) >= 11 is 8.51. The number of benzene rings is 2. The van der Waals surface area contributed by atoms with Gasteiger partial charge in [0.2, 0.25) is 5.91 Å². The third-order valence-electron chi connectivity index (χ3n) is 3.11. The van der Waals surface area contributed by atoms with E-state index in [1.165, 1.54) is 23.5 Å². The molecule has 0 unspecified atom stereocenters. The highest BCUT2D eigenvalue weighted by atomic mass is 35.5. The quantitative estimate of drug-likeness (QED) is 0.608. The number of rotatable bonds is 6. The third kappa shape index (κ3) is 4.69. The number of carbonyl (C=O) groups is 1. The largest absolute Gasteiger partial charge is 0.431 e. The van der Waals surface area contributed by atoms with Crippen LogP contribution in [0.4, 0.5) is 5.69 Å². The van der Waals surface area contributed by atoms with Gasteiger partial charge in [0.05, 0.1) is 23.3 Å². The maximum Gasteiger partial charge on any atom is 0.257 e. The van der Waals surface area contributed by atoms with E-state index in [2.05, 4.69) is 16.4 Å². The molecule has 0 saturated heterocycles.